The maximum atomic E-state index is 13.5. The molecule has 21 heavy (non-hydrogen) atoms. The first-order chi connectivity index (χ1) is 9.85. The van der Waals surface area contributed by atoms with Gasteiger partial charge in [-0.25, -0.2) is 17.8 Å². The Morgan fingerprint density at radius 2 is 2.14 bits per heavy atom. The third-order valence-electron chi connectivity index (χ3n) is 2.43. The molecule has 0 fully saturated rings. The van der Waals surface area contributed by atoms with E-state index in [9.17, 15) is 12.8 Å². The van der Waals surface area contributed by atoms with E-state index in [0.29, 0.717) is 4.47 Å². The summed E-state index contributed by atoms with van der Waals surface area (Å²) >= 11 is 8.93. The van der Waals surface area contributed by atoms with Crippen molar-refractivity contribution in [2.75, 3.05) is 4.72 Å². The fourth-order valence-corrected chi connectivity index (χ4v) is 3.29. The molecule has 1 heterocycles. The lowest BCUT2D eigenvalue weighted by molar-refractivity contribution is 0.593. The van der Waals surface area contributed by atoms with Crippen molar-refractivity contribution >= 4 is 43.2 Å². The monoisotopic (exact) mass is 389 g/mol. The molecule has 0 spiro atoms. The maximum absolute atomic E-state index is 13.5. The third-order valence-corrected chi connectivity index (χ3v) is 4.57. The average Bonchev–Trinajstić information content (AvgIpc) is 2.42. The standard InChI is InChI=1S/C12H6BrClFN3O2S/c13-7-4-10(12(14)17-6-7)18-21(19,20)11-3-1-2-9(15)8(11)5-16/h1-4,6,18H. The van der Waals surface area contributed by atoms with Crippen LogP contribution in [0.1, 0.15) is 5.56 Å². The lowest BCUT2D eigenvalue weighted by atomic mass is 10.2. The molecule has 5 nitrogen and oxygen atoms in total. The fourth-order valence-electron chi connectivity index (χ4n) is 1.53. The van der Waals surface area contributed by atoms with E-state index in [1.807, 2.05) is 0 Å². The Labute approximate surface area is 133 Å². The first-order valence-corrected chi connectivity index (χ1v) is 8.03. The van der Waals surface area contributed by atoms with Gasteiger partial charge in [0, 0.05) is 10.7 Å². The summed E-state index contributed by atoms with van der Waals surface area (Å²) in [6.45, 7) is 0. The Morgan fingerprint density at radius 1 is 1.43 bits per heavy atom. The quantitative estimate of drug-likeness (QED) is 0.815. The minimum atomic E-state index is -4.18. The molecule has 0 amide bonds. The Balaban J connectivity index is 2.52. The van der Waals surface area contributed by atoms with Crippen LogP contribution in [0.15, 0.2) is 39.8 Å². The number of halogens is 3. The number of benzene rings is 1. The molecule has 0 atom stereocenters. The van der Waals surface area contributed by atoms with Crippen LogP contribution in [0.5, 0.6) is 0 Å². The molecule has 2 aromatic rings. The summed E-state index contributed by atoms with van der Waals surface area (Å²) in [7, 11) is -4.18. The van der Waals surface area contributed by atoms with Crippen LogP contribution in [0, 0.1) is 17.1 Å². The van der Waals surface area contributed by atoms with Crippen molar-refractivity contribution in [2.45, 2.75) is 4.90 Å². The van der Waals surface area contributed by atoms with E-state index >= 15 is 0 Å². The molecule has 0 bridgehead atoms. The summed E-state index contributed by atoms with van der Waals surface area (Å²) in [5.74, 6) is -0.918. The van der Waals surface area contributed by atoms with Gasteiger partial charge in [-0.3, -0.25) is 4.72 Å². The summed E-state index contributed by atoms with van der Waals surface area (Å²) in [4.78, 5) is 3.30. The van der Waals surface area contributed by atoms with Crippen molar-refractivity contribution in [3.63, 3.8) is 0 Å². The minimum Gasteiger partial charge on any atom is -0.276 e. The highest BCUT2D eigenvalue weighted by Crippen LogP contribution is 2.27. The van der Waals surface area contributed by atoms with Crippen molar-refractivity contribution in [1.82, 2.24) is 4.98 Å². The van der Waals surface area contributed by atoms with E-state index in [0.717, 1.165) is 12.1 Å². The topological polar surface area (TPSA) is 82.8 Å². The van der Waals surface area contributed by atoms with Gasteiger partial charge in [-0.15, -0.1) is 0 Å². The third kappa shape index (κ3) is 3.32. The Bertz CT molecular complexity index is 852. The van der Waals surface area contributed by atoms with E-state index in [4.69, 9.17) is 16.9 Å². The van der Waals surface area contributed by atoms with Crippen LogP contribution in [0.25, 0.3) is 0 Å². The molecule has 0 unspecified atom stereocenters. The van der Waals surface area contributed by atoms with Crippen LogP contribution in [-0.4, -0.2) is 13.4 Å². The first kappa shape index (κ1) is 15.7. The van der Waals surface area contributed by atoms with Gasteiger partial charge in [-0.1, -0.05) is 17.7 Å². The van der Waals surface area contributed by atoms with E-state index in [1.54, 1.807) is 0 Å². The highest BCUT2D eigenvalue weighted by Gasteiger charge is 2.22. The molecule has 0 aliphatic rings. The number of nitrogens with one attached hydrogen (secondary N) is 1. The molecule has 0 saturated carbocycles. The number of anilines is 1. The number of rotatable bonds is 3. The van der Waals surface area contributed by atoms with Crippen molar-refractivity contribution in [3.05, 3.63) is 51.5 Å². The lowest BCUT2D eigenvalue weighted by Crippen LogP contribution is -2.15. The predicted molar refractivity (Wildman–Crippen MR) is 78.9 cm³/mol. The van der Waals surface area contributed by atoms with E-state index in [2.05, 4.69) is 25.6 Å². The van der Waals surface area contributed by atoms with Gasteiger partial charge < -0.3 is 0 Å². The molecule has 0 saturated heterocycles. The molecule has 1 aromatic heterocycles. The summed E-state index contributed by atoms with van der Waals surface area (Å²) < 4.78 is 40.7. The Morgan fingerprint density at radius 3 is 2.81 bits per heavy atom. The molecule has 2 rings (SSSR count). The van der Waals surface area contributed by atoms with Crippen molar-refractivity contribution < 1.29 is 12.8 Å². The molecular weight excluding hydrogens is 385 g/mol. The second-order valence-corrected chi connectivity index (χ2v) is 6.75. The second kappa shape index (κ2) is 5.97. The van der Waals surface area contributed by atoms with Crippen LogP contribution in [-0.2, 0) is 10.0 Å². The number of hydrogen-bond acceptors (Lipinski definition) is 4. The van der Waals surface area contributed by atoms with Crippen molar-refractivity contribution in [3.8, 4) is 6.07 Å². The van der Waals surface area contributed by atoms with Crippen LogP contribution in [0.3, 0.4) is 0 Å². The fraction of sp³-hybridized carbons (Fsp3) is 0. The van der Waals surface area contributed by atoms with Crippen LogP contribution in [0.2, 0.25) is 5.15 Å². The van der Waals surface area contributed by atoms with Gasteiger partial charge in [0.1, 0.15) is 22.3 Å². The Kier molecular flexibility index (Phi) is 4.46. The molecule has 1 aromatic carbocycles. The Hall–Kier alpha value is -1.69. The molecule has 9 heteroatoms. The van der Waals surface area contributed by atoms with Gasteiger partial charge in [-0.05, 0) is 34.1 Å². The molecule has 0 aliphatic carbocycles. The van der Waals surface area contributed by atoms with Gasteiger partial charge in [0.15, 0.2) is 5.15 Å². The zero-order valence-electron chi connectivity index (χ0n) is 10.1. The number of hydrogen-bond donors (Lipinski definition) is 1. The summed E-state index contributed by atoms with van der Waals surface area (Å²) in [6, 6.07) is 6.26. The van der Waals surface area contributed by atoms with Crippen molar-refractivity contribution in [1.29, 1.82) is 5.26 Å². The molecule has 0 aliphatic heterocycles. The zero-order valence-corrected chi connectivity index (χ0v) is 13.3. The van der Waals surface area contributed by atoms with Crippen LogP contribution in [0.4, 0.5) is 10.1 Å². The number of aromatic nitrogens is 1. The molecular formula is C12H6BrClFN3O2S. The number of pyridine rings is 1. The van der Waals surface area contributed by atoms with E-state index < -0.39 is 26.3 Å². The highest BCUT2D eigenvalue weighted by atomic mass is 79.9. The SMILES string of the molecule is N#Cc1c(F)cccc1S(=O)(=O)Nc1cc(Br)cnc1Cl. The summed E-state index contributed by atoms with van der Waals surface area (Å²) in [5, 5.41) is 8.83. The predicted octanol–water partition coefficient (Wildman–Crippen LogP) is 3.31. The normalized spacial score (nSPS) is 11.0. The van der Waals surface area contributed by atoms with E-state index in [-0.39, 0.29) is 10.8 Å². The van der Waals surface area contributed by atoms with Crippen LogP contribution < -0.4 is 4.72 Å². The zero-order chi connectivity index (χ0) is 15.6. The second-order valence-electron chi connectivity index (χ2n) is 3.82. The molecule has 108 valence electrons. The van der Waals surface area contributed by atoms with Gasteiger partial charge in [-0.2, -0.15) is 5.26 Å². The smallest absolute Gasteiger partial charge is 0.263 e. The first-order valence-electron chi connectivity index (χ1n) is 5.37. The summed E-state index contributed by atoms with van der Waals surface area (Å²) in [5.41, 5.74) is -0.553. The van der Waals surface area contributed by atoms with Crippen LogP contribution >= 0.6 is 27.5 Å². The molecule has 0 radical (unpaired) electrons. The molecule has 1 N–H and O–H groups in total. The largest absolute Gasteiger partial charge is 0.276 e. The summed E-state index contributed by atoms with van der Waals surface area (Å²) in [6.07, 6.45) is 1.39. The average molecular weight is 391 g/mol. The number of nitriles is 1. The minimum absolute atomic E-state index is 0.0131. The van der Waals surface area contributed by atoms with Gasteiger partial charge in [0.25, 0.3) is 10.0 Å². The number of nitrogens with zero attached hydrogens (tertiary/aromatic N) is 2. The van der Waals surface area contributed by atoms with Crippen molar-refractivity contribution in [2.24, 2.45) is 0 Å². The number of sulfonamides is 1. The van der Waals surface area contributed by atoms with Gasteiger partial charge in [0.05, 0.1) is 5.69 Å². The van der Waals surface area contributed by atoms with Gasteiger partial charge in [0.2, 0.25) is 0 Å². The highest BCUT2D eigenvalue weighted by molar-refractivity contribution is 9.10. The van der Waals surface area contributed by atoms with Gasteiger partial charge >= 0.3 is 0 Å². The maximum Gasteiger partial charge on any atom is 0.263 e. The lowest BCUT2D eigenvalue weighted by Gasteiger charge is -2.10. The van der Waals surface area contributed by atoms with E-state index in [1.165, 1.54) is 24.4 Å².